The molecule has 1 aromatic carbocycles. The fourth-order valence-electron chi connectivity index (χ4n) is 4.06. The standard InChI is InChI=1S/C19H30BNO5S/c1-13(2)18-19(3,4)26-20(25-18)14-5-11-17(12-6-14)27(23,24)21-15-7-9-16(22)10-8-15/h5-6,11-13,15-16,18,21-22H,7-10H2,1-4H3. The summed E-state index contributed by atoms with van der Waals surface area (Å²) in [7, 11) is -4.07. The molecule has 1 saturated carbocycles. The molecule has 1 heterocycles. The second-order valence-corrected chi connectivity index (χ2v) is 10.3. The second kappa shape index (κ2) is 7.83. The Morgan fingerprint density at radius 2 is 1.74 bits per heavy atom. The summed E-state index contributed by atoms with van der Waals surface area (Å²) in [6, 6.07) is 6.58. The first-order valence-corrected chi connectivity index (χ1v) is 11.2. The third-order valence-corrected chi connectivity index (χ3v) is 6.99. The first-order valence-electron chi connectivity index (χ1n) is 9.72. The fourth-order valence-corrected chi connectivity index (χ4v) is 5.36. The molecule has 1 unspecified atom stereocenters. The van der Waals surface area contributed by atoms with Gasteiger partial charge in [-0.15, -0.1) is 0 Å². The molecule has 1 aliphatic heterocycles. The van der Waals surface area contributed by atoms with E-state index in [4.69, 9.17) is 9.31 Å². The molecule has 1 saturated heterocycles. The van der Waals surface area contributed by atoms with Gasteiger partial charge in [0.05, 0.1) is 22.7 Å². The van der Waals surface area contributed by atoms with Crippen molar-refractivity contribution < 1.29 is 22.8 Å². The van der Waals surface area contributed by atoms with Crippen molar-refractivity contribution in [1.29, 1.82) is 0 Å². The lowest BCUT2D eigenvalue weighted by Crippen LogP contribution is -2.39. The summed E-state index contributed by atoms with van der Waals surface area (Å²) in [5.74, 6) is 0.322. The lowest BCUT2D eigenvalue weighted by Gasteiger charge is -2.28. The molecule has 0 bridgehead atoms. The molecule has 1 aliphatic carbocycles. The molecule has 1 aromatic rings. The molecule has 0 spiro atoms. The van der Waals surface area contributed by atoms with Crippen molar-refractivity contribution in [3.63, 3.8) is 0 Å². The van der Waals surface area contributed by atoms with Gasteiger partial charge in [-0.25, -0.2) is 13.1 Å². The van der Waals surface area contributed by atoms with Crippen LogP contribution < -0.4 is 10.2 Å². The van der Waals surface area contributed by atoms with Crippen molar-refractivity contribution >= 4 is 22.6 Å². The van der Waals surface area contributed by atoms with Crippen molar-refractivity contribution in [2.75, 3.05) is 0 Å². The predicted octanol–water partition coefficient (Wildman–Crippen LogP) is 1.81. The van der Waals surface area contributed by atoms with Crippen molar-refractivity contribution in [2.24, 2.45) is 5.92 Å². The molecule has 150 valence electrons. The van der Waals surface area contributed by atoms with E-state index in [2.05, 4.69) is 18.6 Å². The predicted molar refractivity (Wildman–Crippen MR) is 105 cm³/mol. The van der Waals surface area contributed by atoms with Gasteiger partial charge in [-0.05, 0) is 63.0 Å². The van der Waals surface area contributed by atoms with Gasteiger partial charge in [-0.3, -0.25) is 0 Å². The minimum Gasteiger partial charge on any atom is -0.401 e. The molecule has 6 nitrogen and oxygen atoms in total. The molecule has 8 heteroatoms. The van der Waals surface area contributed by atoms with Crippen molar-refractivity contribution in [3.8, 4) is 0 Å². The second-order valence-electron chi connectivity index (χ2n) is 8.55. The van der Waals surface area contributed by atoms with Gasteiger partial charge in [-0.1, -0.05) is 26.0 Å². The Morgan fingerprint density at radius 3 is 2.26 bits per heavy atom. The van der Waals surface area contributed by atoms with Crippen LogP contribution >= 0.6 is 0 Å². The zero-order chi connectivity index (χ0) is 19.8. The topological polar surface area (TPSA) is 84.9 Å². The van der Waals surface area contributed by atoms with Crippen LogP contribution in [0, 0.1) is 5.92 Å². The lowest BCUT2D eigenvalue weighted by atomic mass is 9.79. The Balaban J connectivity index is 1.68. The molecule has 0 radical (unpaired) electrons. The largest absolute Gasteiger partial charge is 0.494 e. The molecule has 2 fully saturated rings. The lowest BCUT2D eigenvalue weighted by molar-refractivity contribution is 0.0438. The first-order chi connectivity index (χ1) is 12.6. The van der Waals surface area contributed by atoms with E-state index in [1.54, 1.807) is 24.3 Å². The highest BCUT2D eigenvalue weighted by atomic mass is 32.2. The monoisotopic (exact) mass is 395 g/mol. The molecule has 2 N–H and O–H groups in total. The highest BCUT2D eigenvalue weighted by Gasteiger charge is 2.47. The number of rotatable bonds is 5. The highest BCUT2D eigenvalue weighted by Crippen LogP contribution is 2.32. The maximum Gasteiger partial charge on any atom is 0.494 e. The number of nitrogens with one attached hydrogen (secondary N) is 1. The van der Waals surface area contributed by atoms with E-state index in [0.29, 0.717) is 31.6 Å². The molecular weight excluding hydrogens is 365 g/mol. The molecule has 0 amide bonds. The Bertz CT molecular complexity index is 742. The van der Waals surface area contributed by atoms with Gasteiger partial charge in [0, 0.05) is 6.04 Å². The van der Waals surface area contributed by atoms with Crippen LogP contribution in [0.3, 0.4) is 0 Å². The maximum absolute atomic E-state index is 12.6. The third kappa shape index (κ3) is 4.74. The Kier molecular flexibility index (Phi) is 6.03. The maximum atomic E-state index is 12.6. The highest BCUT2D eigenvalue weighted by molar-refractivity contribution is 7.89. The summed E-state index contributed by atoms with van der Waals surface area (Å²) in [6.07, 6.45) is 2.26. The van der Waals surface area contributed by atoms with Gasteiger partial charge in [0.1, 0.15) is 0 Å². The van der Waals surface area contributed by atoms with Crippen molar-refractivity contribution in [3.05, 3.63) is 24.3 Å². The smallest absolute Gasteiger partial charge is 0.401 e. The van der Waals surface area contributed by atoms with Gasteiger partial charge in [0.25, 0.3) is 0 Å². The van der Waals surface area contributed by atoms with Crippen molar-refractivity contribution in [2.45, 2.75) is 82.1 Å². The molecule has 2 aliphatic rings. The molecule has 1 atom stereocenters. The Hall–Kier alpha value is -0.925. The minimum atomic E-state index is -3.58. The fraction of sp³-hybridized carbons (Fsp3) is 0.684. The van der Waals surface area contributed by atoms with Gasteiger partial charge in [0.2, 0.25) is 10.0 Å². The first kappa shape index (κ1) is 20.8. The number of sulfonamides is 1. The van der Waals surface area contributed by atoms with E-state index in [-0.39, 0.29) is 23.1 Å². The van der Waals surface area contributed by atoms with Gasteiger partial charge >= 0.3 is 7.12 Å². The zero-order valence-corrected chi connectivity index (χ0v) is 17.3. The number of aliphatic hydroxyl groups is 1. The number of hydrogen-bond acceptors (Lipinski definition) is 5. The molecule has 27 heavy (non-hydrogen) atoms. The van der Waals surface area contributed by atoms with Crippen LogP contribution in [-0.4, -0.2) is 44.5 Å². The normalized spacial score (nSPS) is 28.7. The van der Waals surface area contributed by atoms with E-state index in [1.165, 1.54) is 0 Å². The number of benzene rings is 1. The Labute approximate surface area is 162 Å². The van der Waals surface area contributed by atoms with E-state index in [9.17, 15) is 13.5 Å². The van der Waals surface area contributed by atoms with Crippen molar-refractivity contribution in [1.82, 2.24) is 4.72 Å². The van der Waals surface area contributed by atoms with E-state index < -0.39 is 22.7 Å². The van der Waals surface area contributed by atoms with Crippen LogP contribution in [0.1, 0.15) is 53.4 Å². The van der Waals surface area contributed by atoms with Crippen LogP contribution in [0.25, 0.3) is 0 Å². The Morgan fingerprint density at radius 1 is 1.15 bits per heavy atom. The summed E-state index contributed by atoms with van der Waals surface area (Å²) in [5, 5.41) is 9.57. The summed E-state index contributed by atoms with van der Waals surface area (Å²) >= 11 is 0. The summed E-state index contributed by atoms with van der Waals surface area (Å²) in [4.78, 5) is 0.232. The van der Waals surface area contributed by atoms with E-state index >= 15 is 0 Å². The van der Waals surface area contributed by atoms with Crippen LogP contribution in [0.4, 0.5) is 0 Å². The van der Waals surface area contributed by atoms with Crippen LogP contribution in [0.15, 0.2) is 29.2 Å². The average molecular weight is 395 g/mol. The minimum absolute atomic E-state index is 0.0192. The zero-order valence-electron chi connectivity index (χ0n) is 16.5. The van der Waals surface area contributed by atoms with Crippen LogP contribution in [0.2, 0.25) is 0 Å². The quantitative estimate of drug-likeness (QED) is 0.743. The van der Waals surface area contributed by atoms with Crippen LogP contribution in [-0.2, 0) is 19.3 Å². The van der Waals surface area contributed by atoms with E-state index in [0.717, 1.165) is 5.46 Å². The molecule has 0 aromatic heterocycles. The average Bonchev–Trinajstić information content (AvgIpc) is 2.92. The van der Waals surface area contributed by atoms with Crippen LogP contribution in [0.5, 0.6) is 0 Å². The number of hydrogen-bond donors (Lipinski definition) is 2. The van der Waals surface area contributed by atoms with Gasteiger partial charge in [-0.2, -0.15) is 0 Å². The molecule has 3 rings (SSSR count). The third-order valence-electron chi connectivity index (χ3n) is 5.45. The van der Waals surface area contributed by atoms with E-state index in [1.807, 2.05) is 13.8 Å². The summed E-state index contributed by atoms with van der Waals surface area (Å²) in [6.45, 7) is 8.23. The summed E-state index contributed by atoms with van der Waals surface area (Å²) < 4.78 is 40.1. The van der Waals surface area contributed by atoms with Gasteiger partial charge in [0.15, 0.2) is 0 Å². The SMILES string of the molecule is CC(C)C1OB(c2ccc(S(=O)(=O)NC3CCC(O)CC3)cc2)OC1(C)C. The number of aliphatic hydroxyl groups excluding tert-OH is 1. The van der Waals surface area contributed by atoms with Gasteiger partial charge < -0.3 is 14.4 Å². The molecular formula is C19H30BNO5S. The summed E-state index contributed by atoms with van der Waals surface area (Å²) in [5.41, 5.74) is 0.419.